The van der Waals surface area contributed by atoms with Crippen LogP contribution in [0.4, 0.5) is 16.6 Å². The zero-order valence-corrected chi connectivity index (χ0v) is 14.3. The minimum atomic E-state index is -0.103. The number of likely N-dealkylation sites (tertiary alicyclic amines) is 1. The second kappa shape index (κ2) is 6.95. The summed E-state index contributed by atoms with van der Waals surface area (Å²) in [5, 5.41) is 6.75. The molecule has 3 heterocycles. The minimum Gasteiger partial charge on any atom is -0.365 e. The summed E-state index contributed by atoms with van der Waals surface area (Å²) >= 11 is 1.50. The van der Waals surface area contributed by atoms with Gasteiger partial charge in [0.25, 0.3) is 0 Å². The molecule has 1 aliphatic rings. The Kier molecular flexibility index (Phi) is 4.74. The Balaban J connectivity index is 1.51. The van der Waals surface area contributed by atoms with Crippen LogP contribution in [0.2, 0.25) is 0 Å². The molecule has 1 amide bonds. The molecule has 1 aliphatic heterocycles. The number of anilines is 2. The van der Waals surface area contributed by atoms with Crippen molar-refractivity contribution in [1.29, 1.82) is 0 Å². The molecule has 2 N–H and O–H groups in total. The van der Waals surface area contributed by atoms with Crippen LogP contribution in [0.15, 0.2) is 24.5 Å². The number of nitrogens with one attached hydrogen (secondary N) is 2. The summed E-state index contributed by atoms with van der Waals surface area (Å²) in [6, 6.07) is 4.31. The highest BCUT2D eigenvalue weighted by atomic mass is 32.1. The van der Waals surface area contributed by atoms with Gasteiger partial charge in [0.2, 0.25) is 11.6 Å². The Labute approximate surface area is 144 Å². The first kappa shape index (κ1) is 16.4. The molecule has 2 atom stereocenters. The van der Waals surface area contributed by atoms with E-state index in [1.54, 1.807) is 12.3 Å². The van der Waals surface area contributed by atoms with Gasteiger partial charge in [0, 0.05) is 43.3 Å². The Morgan fingerprint density at radius 2 is 2.29 bits per heavy atom. The fraction of sp³-hybridized carbons (Fsp3) is 0.375. The van der Waals surface area contributed by atoms with Crippen molar-refractivity contribution in [3.8, 4) is 0 Å². The highest BCUT2D eigenvalue weighted by molar-refractivity contribution is 7.15. The van der Waals surface area contributed by atoms with Crippen LogP contribution < -0.4 is 10.6 Å². The topological polar surface area (TPSA) is 74.5 Å². The van der Waals surface area contributed by atoms with E-state index in [9.17, 15) is 4.79 Å². The van der Waals surface area contributed by atoms with Crippen molar-refractivity contribution in [1.82, 2.24) is 14.9 Å². The molecule has 7 nitrogen and oxygen atoms in total. The molecule has 0 bridgehead atoms. The van der Waals surface area contributed by atoms with E-state index in [2.05, 4.69) is 37.3 Å². The van der Waals surface area contributed by atoms with Crippen LogP contribution in [0.5, 0.6) is 0 Å². The quantitative estimate of drug-likeness (QED) is 0.817. The summed E-state index contributed by atoms with van der Waals surface area (Å²) in [5.41, 5.74) is 0.545. The number of amides is 1. The lowest BCUT2D eigenvalue weighted by Gasteiger charge is -2.46. The Morgan fingerprint density at radius 3 is 2.92 bits per heavy atom. The monoisotopic (exact) mass is 342 g/mol. The lowest BCUT2D eigenvalue weighted by molar-refractivity contribution is -0.114. The van der Waals surface area contributed by atoms with Gasteiger partial charge >= 0.3 is 0 Å². The van der Waals surface area contributed by atoms with Gasteiger partial charge in [0.1, 0.15) is 5.82 Å². The molecule has 0 aliphatic carbocycles. The highest BCUT2D eigenvalue weighted by Crippen LogP contribution is 2.27. The van der Waals surface area contributed by atoms with Gasteiger partial charge in [-0.2, -0.15) is 0 Å². The van der Waals surface area contributed by atoms with Gasteiger partial charge in [-0.25, -0.2) is 9.83 Å². The zero-order chi connectivity index (χ0) is 17.1. The highest BCUT2D eigenvalue weighted by Gasteiger charge is 2.35. The van der Waals surface area contributed by atoms with Gasteiger partial charge in [0.05, 0.1) is 12.6 Å². The first-order chi connectivity index (χ1) is 11.5. The molecule has 2 aromatic heterocycles. The van der Waals surface area contributed by atoms with Gasteiger partial charge in [-0.05, 0) is 13.0 Å². The Bertz CT molecular complexity index is 766. The molecular weight excluding hydrogens is 324 g/mol. The van der Waals surface area contributed by atoms with Gasteiger partial charge in [0.15, 0.2) is 5.13 Å². The van der Waals surface area contributed by atoms with Crippen molar-refractivity contribution in [2.45, 2.75) is 32.5 Å². The maximum atomic E-state index is 11.0. The molecule has 2 aromatic rings. The summed E-state index contributed by atoms with van der Waals surface area (Å²) in [5.74, 6) is 0.693. The molecule has 0 radical (unpaired) electrons. The molecule has 0 unspecified atom stereocenters. The van der Waals surface area contributed by atoms with Crippen LogP contribution in [0.25, 0.3) is 4.85 Å². The van der Waals surface area contributed by atoms with E-state index in [0.29, 0.717) is 22.9 Å². The second-order valence-electron chi connectivity index (χ2n) is 5.75. The number of hydrogen-bond donors (Lipinski definition) is 2. The van der Waals surface area contributed by atoms with Crippen molar-refractivity contribution in [3.05, 3.63) is 40.8 Å². The van der Waals surface area contributed by atoms with Crippen molar-refractivity contribution < 1.29 is 4.79 Å². The van der Waals surface area contributed by atoms with Gasteiger partial charge in [-0.15, -0.1) is 11.3 Å². The minimum absolute atomic E-state index is 0.103. The van der Waals surface area contributed by atoms with Gasteiger partial charge in [-0.1, -0.05) is 6.07 Å². The summed E-state index contributed by atoms with van der Waals surface area (Å²) in [7, 11) is 0. The fourth-order valence-electron chi connectivity index (χ4n) is 2.58. The van der Waals surface area contributed by atoms with E-state index >= 15 is 0 Å². The standard InChI is InChI=1S/C16H18N6OS/c1-10-14(21-15-5-4-12(17-3)6-18-15)9-22(10)8-13-7-19-16(24-13)20-11(2)23/h4-7,10,14H,8-9H2,1-2H3,(H,18,21)(H,19,20,23)/t10-,14+/m1/s1. The molecular formula is C16H18N6OS. The van der Waals surface area contributed by atoms with Crippen molar-refractivity contribution in [2.75, 3.05) is 17.2 Å². The second-order valence-corrected chi connectivity index (χ2v) is 6.86. The third-order valence-electron chi connectivity index (χ3n) is 4.00. The van der Waals surface area contributed by atoms with E-state index in [0.717, 1.165) is 23.8 Å². The van der Waals surface area contributed by atoms with Crippen LogP contribution in [0, 0.1) is 6.57 Å². The number of carbonyl (C=O) groups is 1. The Hall–Kier alpha value is -2.50. The molecule has 1 fully saturated rings. The maximum Gasteiger partial charge on any atom is 0.223 e. The van der Waals surface area contributed by atoms with Gasteiger partial charge in [-0.3, -0.25) is 14.7 Å². The summed E-state index contributed by atoms with van der Waals surface area (Å²) < 4.78 is 0. The smallest absolute Gasteiger partial charge is 0.223 e. The van der Waals surface area contributed by atoms with Crippen molar-refractivity contribution in [2.24, 2.45) is 0 Å². The number of rotatable bonds is 5. The predicted molar refractivity (Wildman–Crippen MR) is 94.2 cm³/mol. The fourth-order valence-corrected chi connectivity index (χ4v) is 3.46. The van der Waals surface area contributed by atoms with Crippen LogP contribution in [0.3, 0.4) is 0 Å². The summed E-state index contributed by atoms with van der Waals surface area (Å²) in [4.78, 5) is 26.3. The molecule has 24 heavy (non-hydrogen) atoms. The first-order valence-corrected chi connectivity index (χ1v) is 8.43. The number of aromatic nitrogens is 2. The first-order valence-electron chi connectivity index (χ1n) is 7.61. The average Bonchev–Trinajstić information content (AvgIpc) is 3.00. The lowest BCUT2D eigenvalue weighted by Crippen LogP contribution is -2.61. The summed E-state index contributed by atoms with van der Waals surface area (Å²) in [6.07, 6.45) is 3.39. The number of thiazole rings is 1. The number of nitrogens with zero attached hydrogens (tertiary/aromatic N) is 4. The van der Waals surface area contributed by atoms with E-state index in [-0.39, 0.29) is 5.91 Å². The summed E-state index contributed by atoms with van der Waals surface area (Å²) in [6.45, 7) is 12.3. The van der Waals surface area contributed by atoms with Crippen molar-refractivity contribution >= 4 is 33.9 Å². The average molecular weight is 342 g/mol. The number of hydrogen-bond acceptors (Lipinski definition) is 6. The zero-order valence-electron chi connectivity index (χ0n) is 13.5. The maximum absolute atomic E-state index is 11.0. The predicted octanol–water partition coefficient (Wildman–Crippen LogP) is 2.73. The van der Waals surface area contributed by atoms with Gasteiger partial charge < -0.3 is 10.6 Å². The Morgan fingerprint density at radius 1 is 1.46 bits per heavy atom. The normalized spacial score (nSPS) is 20.0. The molecule has 0 spiro atoms. The van der Waals surface area contributed by atoms with Crippen LogP contribution >= 0.6 is 11.3 Å². The van der Waals surface area contributed by atoms with Crippen LogP contribution in [-0.2, 0) is 11.3 Å². The molecule has 3 rings (SSSR count). The van der Waals surface area contributed by atoms with E-state index < -0.39 is 0 Å². The molecule has 8 heteroatoms. The lowest BCUT2D eigenvalue weighted by atomic mass is 9.98. The van der Waals surface area contributed by atoms with E-state index in [4.69, 9.17) is 6.57 Å². The molecule has 124 valence electrons. The van der Waals surface area contributed by atoms with E-state index in [1.165, 1.54) is 18.3 Å². The third-order valence-corrected chi connectivity index (χ3v) is 4.89. The largest absolute Gasteiger partial charge is 0.365 e. The van der Waals surface area contributed by atoms with Crippen LogP contribution in [0.1, 0.15) is 18.7 Å². The SMILES string of the molecule is [C-]#[N+]c1ccc(N[C@H]2CN(Cc3cnc(NC(C)=O)s3)[C@@H]2C)nc1. The van der Waals surface area contributed by atoms with Crippen molar-refractivity contribution in [3.63, 3.8) is 0 Å². The van der Waals surface area contributed by atoms with Crippen LogP contribution in [-0.4, -0.2) is 39.4 Å². The van der Waals surface area contributed by atoms with E-state index in [1.807, 2.05) is 12.3 Å². The molecule has 0 saturated carbocycles. The molecule has 1 saturated heterocycles. The molecule has 0 aromatic carbocycles. The number of carbonyl (C=O) groups excluding carboxylic acids is 1. The number of pyridine rings is 1. The third kappa shape index (κ3) is 3.69.